The average Bonchev–Trinajstić information content (AvgIpc) is 3.10. The van der Waals surface area contributed by atoms with E-state index < -0.39 is 6.10 Å². The topological polar surface area (TPSA) is 92.1 Å². The summed E-state index contributed by atoms with van der Waals surface area (Å²) in [5.74, 6) is 0.430. The Balaban J connectivity index is 1.50. The first-order valence-electron chi connectivity index (χ1n) is 7.48. The maximum Gasteiger partial charge on any atom is 0.291 e. The molecule has 7 nitrogen and oxygen atoms in total. The van der Waals surface area contributed by atoms with Crippen LogP contribution in [0.15, 0.2) is 24.3 Å². The number of aromatic nitrogens is 3. The van der Waals surface area contributed by atoms with E-state index in [1.54, 1.807) is 4.68 Å². The third-order valence-electron chi connectivity index (χ3n) is 4.22. The first-order chi connectivity index (χ1) is 10.7. The summed E-state index contributed by atoms with van der Waals surface area (Å²) in [6.07, 6.45) is 0.902. The molecule has 1 aromatic heterocycles. The molecule has 3 N–H and O–H groups in total. The highest BCUT2D eigenvalue weighted by Gasteiger charge is 2.32. The molecule has 4 rings (SSSR count). The summed E-state index contributed by atoms with van der Waals surface area (Å²) in [6.45, 7) is 1.61. The Morgan fingerprint density at radius 3 is 3.09 bits per heavy atom. The SMILES string of the molecule is O=C(N[C@H]1Cc2ccccc2[C@@H]1O)c1nc2n(n1)CCCN2. The van der Waals surface area contributed by atoms with Crippen LogP contribution in [0.25, 0.3) is 0 Å². The number of carbonyl (C=O) groups excluding carboxylic acids is 1. The second kappa shape index (κ2) is 5.10. The molecular weight excluding hydrogens is 282 g/mol. The van der Waals surface area contributed by atoms with Crippen molar-refractivity contribution < 1.29 is 9.90 Å². The molecular formula is C15H17N5O2. The number of aryl methyl sites for hydroxylation is 1. The summed E-state index contributed by atoms with van der Waals surface area (Å²) >= 11 is 0. The fourth-order valence-corrected chi connectivity index (χ4v) is 3.09. The van der Waals surface area contributed by atoms with E-state index in [2.05, 4.69) is 20.7 Å². The zero-order chi connectivity index (χ0) is 15.1. The Morgan fingerprint density at radius 2 is 2.27 bits per heavy atom. The van der Waals surface area contributed by atoms with Crippen LogP contribution in [0.4, 0.5) is 5.95 Å². The molecule has 0 spiro atoms. The van der Waals surface area contributed by atoms with E-state index >= 15 is 0 Å². The number of amides is 1. The third kappa shape index (κ3) is 2.14. The highest BCUT2D eigenvalue weighted by molar-refractivity contribution is 5.91. The van der Waals surface area contributed by atoms with Crippen LogP contribution in [0.5, 0.6) is 0 Å². The molecule has 7 heteroatoms. The van der Waals surface area contributed by atoms with Gasteiger partial charge < -0.3 is 15.7 Å². The normalized spacial score (nSPS) is 22.6. The van der Waals surface area contributed by atoms with Gasteiger partial charge in [-0.2, -0.15) is 4.98 Å². The van der Waals surface area contributed by atoms with Gasteiger partial charge in [-0.25, -0.2) is 4.68 Å². The summed E-state index contributed by atoms with van der Waals surface area (Å²) < 4.78 is 1.71. The van der Waals surface area contributed by atoms with Crippen LogP contribution >= 0.6 is 0 Å². The van der Waals surface area contributed by atoms with E-state index in [-0.39, 0.29) is 17.8 Å². The number of nitrogens with zero attached hydrogens (tertiary/aromatic N) is 3. The Bertz CT molecular complexity index is 703. The Hall–Kier alpha value is -2.41. The minimum Gasteiger partial charge on any atom is -0.386 e. The van der Waals surface area contributed by atoms with Crippen molar-refractivity contribution in [3.63, 3.8) is 0 Å². The van der Waals surface area contributed by atoms with E-state index in [1.807, 2.05) is 24.3 Å². The molecule has 1 aromatic carbocycles. The van der Waals surface area contributed by atoms with Gasteiger partial charge in [0.25, 0.3) is 5.91 Å². The van der Waals surface area contributed by atoms with Crippen molar-refractivity contribution >= 4 is 11.9 Å². The van der Waals surface area contributed by atoms with Gasteiger partial charge in [-0.05, 0) is 24.0 Å². The van der Waals surface area contributed by atoms with Crippen molar-refractivity contribution in [1.29, 1.82) is 0 Å². The van der Waals surface area contributed by atoms with Crippen molar-refractivity contribution in [2.24, 2.45) is 0 Å². The molecule has 2 aliphatic rings. The number of benzene rings is 1. The maximum atomic E-state index is 12.3. The number of fused-ring (bicyclic) bond motifs is 2. The molecule has 2 aromatic rings. The first kappa shape index (κ1) is 13.3. The highest BCUT2D eigenvalue weighted by atomic mass is 16.3. The fourth-order valence-electron chi connectivity index (χ4n) is 3.09. The van der Waals surface area contributed by atoms with Crippen LogP contribution in [0.3, 0.4) is 0 Å². The van der Waals surface area contributed by atoms with Gasteiger partial charge in [0.1, 0.15) is 0 Å². The second-order valence-corrected chi connectivity index (χ2v) is 5.69. The largest absolute Gasteiger partial charge is 0.386 e. The number of nitrogens with one attached hydrogen (secondary N) is 2. The van der Waals surface area contributed by atoms with Gasteiger partial charge in [-0.3, -0.25) is 4.79 Å². The minimum absolute atomic E-state index is 0.146. The molecule has 1 aliphatic carbocycles. The standard InChI is InChI=1S/C15H17N5O2/c21-12-10-5-2-1-4-9(10)8-11(12)17-14(22)13-18-15-16-6-3-7-20(15)19-13/h1-2,4-5,11-12,21H,3,6-8H2,(H,17,22)(H,16,18,19)/t11-,12-/m0/s1. The molecule has 0 fully saturated rings. The molecule has 1 amide bonds. The zero-order valence-corrected chi connectivity index (χ0v) is 12.0. The Labute approximate surface area is 127 Å². The summed E-state index contributed by atoms with van der Waals surface area (Å²) in [5, 5.41) is 20.5. The van der Waals surface area contributed by atoms with Crippen molar-refractivity contribution in [2.45, 2.75) is 31.5 Å². The molecule has 22 heavy (non-hydrogen) atoms. The van der Waals surface area contributed by atoms with Crippen LogP contribution in [-0.2, 0) is 13.0 Å². The number of aliphatic hydroxyl groups excluding tert-OH is 1. The molecule has 2 heterocycles. The molecule has 1 aliphatic heterocycles. The van der Waals surface area contributed by atoms with Crippen molar-refractivity contribution in [2.75, 3.05) is 11.9 Å². The maximum absolute atomic E-state index is 12.3. The third-order valence-corrected chi connectivity index (χ3v) is 4.22. The summed E-state index contributed by atoms with van der Waals surface area (Å²) in [4.78, 5) is 16.5. The average molecular weight is 299 g/mol. The van der Waals surface area contributed by atoms with E-state index in [0.717, 1.165) is 30.6 Å². The molecule has 0 unspecified atom stereocenters. The van der Waals surface area contributed by atoms with Gasteiger partial charge in [-0.1, -0.05) is 24.3 Å². The number of hydrogen-bond donors (Lipinski definition) is 3. The molecule has 114 valence electrons. The Morgan fingerprint density at radius 1 is 1.41 bits per heavy atom. The van der Waals surface area contributed by atoms with Crippen molar-refractivity contribution in [3.8, 4) is 0 Å². The van der Waals surface area contributed by atoms with E-state index in [0.29, 0.717) is 12.4 Å². The van der Waals surface area contributed by atoms with Crippen molar-refractivity contribution in [3.05, 3.63) is 41.2 Å². The van der Waals surface area contributed by atoms with Crippen LogP contribution in [-0.4, -0.2) is 38.4 Å². The summed E-state index contributed by atoms with van der Waals surface area (Å²) in [6, 6.07) is 7.36. The lowest BCUT2D eigenvalue weighted by Crippen LogP contribution is -2.38. The first-order valence-corrected chi connectivity index (χ1v) is 7.48. The number of aliphatic hydroxyl groups is 1. The van der Waals surface area contributed by atoms with Gasteiger partial charge in [-0.15, -0.1) is 5.10 Å². The molecule has 0 bridgehead atoms. The van der Waals surface area contributed by atoms with Crippen LogP contribution in [0, 0.1) is 0 Å². The van der Waals surface area contributed by atoms with Gasteiger partial charge in [0.2, 0.25) is 11.8 Å². The molecule has 2 atom stereocenters. The monoisotopic (exact) mass is 299 g/mol. The highest BCUT2D eigenvalue weighted by Crippen LogP contribution is 2.31. The molecule has 0 saturated carbocycles. The summed E-state index contributed by atoms with van der Waals surface area (Å²) in [7, 11) is 0. The van der Waals surface area contributed by atoms with E-state index in [1.165, 1.54) is 0 Å². The lowest BCUT2D eigenvalue weighted by Gasteiger charge is -2.15. The summed E-state index contributed by atoms with van der Waals surface area (Å²) in [5.41, 5.74) is 1.95. The van der Waals surface area contributed by atoms with E-state index in [4.69, 9.17) is 0 Å². The van der Waals surface area contributed by atoms with E-state index in [9.17, 15) is 9.90 Å². The number of rotatable bonds is 2. The van der Waals surface area contributed by atoms with Gasteiger partial charge in [0.05, 0.1) is 12.1 Å². The quantitative estimate of drug-likeness (QED) is 0.750. The minimum atomic E-state index is -0.685. The van der Waals surface area contributed by atoms with Gasteiger partial charge >= 0.3 is 0 Å². The number of carbonyl (C=O) groups is 1. The number of hydrogen-bond acceptors (Lipinski definition) is 5. The van der Waals surface area contributed by atoms with Crippen LogP contribution in [0.1, 0.15) is 34.3 Å². The second-order valence-electron chi connectivity index (χ2n) is 5.69. The predicted octanol–water partition coefficient (Wildman–Crippen LogP) is 0.482. The fraction of sp³-hybridized carbons (Fsp3) is 0.400. The van der Waals surface area contributed by atoms with Crippen LogP contribution < -0.4 is 10.6 Å². The van der Waals surface area contributed by atoms with Gasteiger partial charge in [0.15, 0.2) is 0 Å². The predicted molar refractivity (Wildman–Crippen MR) is 79.5 cm³/mol. The number of anilines is 1. The molecule has 0 radical (unpaired) electrons. The smallest absolute Gasteiger partial charge is 0.291 e. The Kier molecular flexibility index (Phi) is 3.07. The van der Waals surface area contributed by atoms with Crippen molar-refractivity contribution in [1.82, 2.24) is 20.1 Å². The lowest BCUT2D eigenvalue weighted by atomic mass is 10.1. The molecule has 0 saturated heterocycles. The van der Waals surface area contributed by atoms with Crippen LogP contribution in [0.2, 0.25) is 0 Å². The van der Waals surface area contributed by atoms with Gasteiger partial charge in [0, 0.05) is 13.1 Å². The zero-order valence-electron chi connectivity index (χ0n) is 12.0. The lowest BCUT2D eigenvalue weighted by molar-refractivity contribution is 0.0848.